The highest BCUT2D eigenvalue weighted by Gasteiger charge is 2.27. The maximum absolute atomic E-state index is 11.0. The molecular weight excluding hydrogens is 230 g/mol. The predicted octanol–water partition coefficient (Wildman–Crippen LogP) is 1.77. The molecule has 0 amide bonds. The predicted molar refractivity (Wildman–Crippen MR) is 69.3 cm³/mol. The maximum atomic E-state index is 11.0. The highest BCUT2D eigenvalue weighted by atomic mass is 16.4. The lowest BCUT2D eigenvalue weighted by Crippen LogP contribution is -2.39. The Balaban J connectivity index is 1.68. The Bertz CT molecular complexity index is 274. The molecule has 104 valence electrons. The number of aliphatic carboxylic acids is 1. The number of hydrogen-bond acceptors (Lipinski definition) is 3. The van der Waals surface area contributed by atoms with Gasteiger partial charge in [-0.3, -0.25) is 4.79 Å². The highest BCUT2D eigenvalue weighted by molar-refractivity contribution is 5.70. The minimum Gasteiger partial charge on any atom is -0.481 e. The van der Waals surface area contributed by atoms with Crippen LogP contribution in [0.3, 0.4) is 0 Å². The van der Waals surface area contributed by atoms with Crippen molar-refractivity contribution in [3.8, 4) is 0 Å². The number of nitrogens with one attached hydrogen (secondary N) is 1. The summed E-state index contributed by atoms with van der Waals surface area (Å²) in [5, 5.41) is 22.0. The molecule has 2 atom stereocenters. The zero-order valence-corrected chi connectivity index (χ0v) is 11.0. The van der Waals surface area contributed by atoms with Gasteiger partial charge in [-0.25, -0.2) is 0 Å². The SMILES string of the molecule is O=C(O)C1CCCC(NCC2CCC(O)CC2)C1. The Morgan fingerprint density at radius 1 is 1.11 bits per heavy atom. The van der Waals surface area contributed by atoms with Crippen molar-refractivity contribution in [2.24, 2.45) is 11.8 Å². The zero-order valence-electron chi connectivity index (χ0n) is 11.0. The Labute approximate surface area is 109 Å². The number of carboxylic acids is 1. The van der Waals surface area contributed by atoms with E-state index in [0.29, 0.717) is 12.0 Å². The molecule has 0 bridgehead atoms. The molecule has 4 nitrogen and oxygen atoms in total. The third-order valence-electron chi connectivity index (χ3n) is 4.53. The molecule has 2 aliphatic carbocycles. The van der Waals surface area contributed by atoms with Crippen LogP contribution in [-0.4, -0.2) is 34.9 Å². The first kappa shape index (κ1) is 13.8. The molecule has 4 heteroatoms. The van der Waals surface area contributed by atoms with Gasteiger partial charge in [-0.2, -0.15) is 0 Å². The molecule has 0 heterocycles. The van der Waals surface area contributed by atoms with Gasteiger partial charge in [0.05, 0.1) is 12.0 Å². The number of carboxylic acid groups (broad SMARTS) is 1. The Morgan fingerprint density at radius 2 is 1.83 bits per heavy atom. The average Bonchev–Trinajstić information content (AvgIpc) is 2.38. The summed E-state index contributed by atoms with van der Waals surface area (Å²) in [6.45, 7) is 0.990. The van der Waals surface area contributed by atoms with Crippen molar-refractivity contribution in [1.29, 1.82) is 0 Å². The van der Waals surface area contributed by atoms with Crippen molar-refractivity contribution in [2.45, 2.75) is 63.5 Å². The lowest BCUT2D eigenvalue weighted by atomic mass is 9.84. The summed E-state index contributed by atoms with van der Waals surface area (Å²) in [6, 6.07) is 0.381. The summed E-state index contributed by atoms with van der Waals surface area (Å²) in [7, 11) is 0. The molecule has 0 radical (unpaired) electrons. The van der Waals surface area contributed by atoms with Gasteiger partial charge in [-0.05, 0) is 57.4 Å². The fraction of sp³-hybridized carbons (Fsp3) is 0.929. The fourth-order valence-corrected chi connectivity index (χ4v) is 3.28. The number of carbonyl (C=O) groups is 1. The van der Waals surface area contributed by atoms with Crippen LogP contribution in [0, 0.1) is 11.8 Å². The molecule has 18 heavy (non-hydrogen) atoms. The standard InChI is InChI=1S/C14H25NO3/c16-13-6-4-10(5-7-13)9-15-12-3-1-2-11(8-12)14(17)18/h10-13,15-16H,1-9H2,(H,17,18). The van der Waals surface area contributed by atoms with E-state index in [1.807, 2.05) is 0 Å². The summed E-state index contributed by atoms with van der Waals surface area (Å²) >= 11 is 0. The first-order valence-corrected chi connectivity index (χ1v) is 7.29. The van der Waals surface area contributed by atoms with Crippen molar-refractivity contribution in [2.75, 3.05) is 6.54 Å². The fourth-order valence-electron chi connectivity index (χ4n) is 3.28. The van der Waals surface area contributed by atoms with E-state index in [0.717, 1.165) is 57.9 Å². The van der Waals surface area contributed by atoms with E-state index >= 15 is 0 Å². The molecule has 2 unspecified atom stereocenters. The van der Waals surface area contributed by atoms with Crippen LogP contribution in [0.1, 0.15) is 51.4 Å². The van der Waals surface area contributed by atoms with Crippen LogP contribution in [0.5, 0.6) is 0 Å². The van der Waals surface area contributed by atoms with Crippen LogP contribution < -0.4 is 5.32 Å². The van der Waals surface area contributed by atoms with Crippen molar-refractivity contribution in [1.82, 2.24) is 5.32 Å². The third-order valence-corrected chi connectivity index (χ3v) is 4.53. The smallest absolute Gasteiger partial charge is 0.306 e. The van der Waals surface area contributed by atoms with E-state index in [9.17, 15) is 9.90 Å². The summed E-state index contributed by atoms with van der Waals surface area (Å²) in [4.78, 5) is 11.0. The second-order valence-corrected chi connectivity index (χ2v) is 5.98. The highest BCUT2D eigenvalue weighted by Crippen LogP contribution is 2.26. The molecule has 2 aliphatic rings. The van der Waals surface area contributed by atoms with Gasteiger partial charge < -0.3 is 15.5 Å². The molecule has 2 fully saturated rings. The average molecular weight is 255 g/mol. The quantitative estimate of drug-likeness (QED) is 0.716. The molecule has 0 aliphatic heterocycles. The van der Waals surface area contributed by atoms with E-state index in [1.54, 1.807) is 0 Å². The number of aliphatic hydroxyl groups excluding tert-OH is 1. The first-order valence-electron chi connectivity index (χ1n) is 7.29. The van der Waals surface area contributed by atoms with Gasteiger partial charge in [0.1, 0.15) is 0 Å². The van der Waals surface area contributed by atoms with Crippen LogP contribution in [0.15, 0.2) is 0 Å². The van der Waals surface area contributed by atoms with Gasteiger partial charge in [-0.1, -0.05) is 6.42 Å². The van der Waals surface area contributed by atoms with E-state index in [-0.39, 0.29) is 12.0 Å². The summed E-state index contributed by atoms with van der Waals surface area (Å²) in [5.74, 6) is -0.120. The first-order chi connectivity index (χ1) is 8.65. The van der Waals surface area contributed by atoms with Crippen molar-refractivity contribution >= 4 is 5.97 Å². The lowest BCUT2D eigenvalue weighted by molar-refractivity contribution is -0.143. The molecule has 3 N–H and O–H groups in total. The van der Waals surface area contributed by atoms with E-state index in [2.05, 4.69) is 5.32 Å². The van der Waals surface area contributed by atoms with Crippen LogP contribution in [0.25, 0.3) is 0 Å². The van der Waals surface area contributed by atoms with E-state index < -0.39 is 5.97 Å². The van der Waals surface area contributed by atoms with Crippen LogP contribution >= 0.6 is 0 Å². The maximum Gasteiger partial charge on any atom is 0.306 e. The second kappa shape index (κ2) is 6.53. The molecule has 0 aromatic carbocycles. The third kappa shape index (κ3) is 3.95. The Hall–Kier alpha value is -0.610. The van der Waals surface area contributed by atoms with Gasteiger partial charge in [0, 0.05) is 6.04 Å². The largest absolute Gasteiger partial charge is 0.481 e. The van der Waals surface area contributed by atoms with Crippen molar-refractivity contribution < 1.29 is 15.0 Å². The molecule has 0 aromatic heterocycles. The van der Waals surface area contributed by atoms with Gasteiger partial charge in [-0.15, -0.1) is 0 Å². The van der Waals surface area contributed by atoms with Crippen LogP contribution in [-0.2, 0) is 4.79 Å². The van der Waals surface area contributed by atoms with Gasteiger partial charge in [0.15, 0.2) is 0 Å². The monoisotopic (exact) mass is 255 g/mol. The van der Waals surface area contributed by atoms with Crippen molar-refractivity contribution in [3.05, 3.63) is 0 Å². The Morgan fingerprint density at radius 3 is 2.50 bits per heavy atom. The molecule has 0 saturated heterocycles. The van der Waals surface area contributed by atoms with E-state index in [1.165, 1.54) is 0 Å². The van der Waals surface area contributed by atoms with Gasteiger partial charge in [0.2, 0.25) is 0 Å². The molecule has 0 spiro atoms. The van der Waals surface area contributed by atoms with Crippen molar-refractivity contribution in [3.63, 3.8) is 0 Å². The number of rotatable bonds is 4. The number of hydrogen-bond donors (Lipinski definition) is 3. The van der Waals surface area contributed by atoms with Crippen LogP contribution in [0.2, 0.25) is 0 Å². The normalized spacial score (nSPS) is 37.4. The minimum atomic E-state index is -0.637. The summed E-state index contributed by atoms with van der Waals surface area (Å²) in [5.41, 5.74) is 0. The molecule has 2 rings (SSSR count). The second-order valence-electron chi connectivity index (χ2n) is 5.98. The summed E-state index contributed by atoms with van der Waals surface area (Å²) in [6.07, 6.45) is 7.72. The van der Waals surface area contributed by atoms with Gasteiger partial charge >= 0.3 is 5.97 Å². The molecular formula is C14H25NO3. The lowest BCUT2D eigenvalue weighted by Gasteiger charge is -2.31. The minimum absolute atomic E-state index is 0.0904. The van der Waals surface area contributed by atoms with Gasteiger partial charge in [0.25, 0.3) is 0 Å². The zero-order chi connectivity index (χ0) is 13.0. The number of aliphatic hydroxyl groups is 1. The Kier molecular flexibility index (Phi) is 5.01. The molecule has 2 saturated carbocycles. The van der Waals surface area contributed by atoms with E-state index in [4.69, 9.17) is 5.11 Å². The topological polar surface area (TPSA) is 69.6 Å². The summed E-state index contributed by atoms with van der Waals surface area (Å²) < 4.78 is 0. The van der Waals surface area contributed by atoms with Crippen LogP contribution in [0.4, 0.5) is 0 Å². The molecule has 0 aromatic rings.